The molecule has 0 spiro atoms. The highest BCUT2D eigenvalue weighted by atomic mass is 32.2. The molecule has 8 nitrogen and oxygen atoms in total. The van der Waals surface area contributed by atoms with Gasteiger partial charge in [0.1, 0.15) is 5.75 Å². The molecule has 2 heterocycles. The molecule has 1 aromatic heterocycles. The molecule has 9 heteroatoms. The van der Waals surface area contributed by atoms with E-state index in [1.54, 1.807) is 0 Å². The van der Waals surface area contributed by atoms with Gasteiger partial charge in [-0.3, -0.25) is 15.2 Å². The van der Waals surface area contributed by atoms with Crippen LogP contribution >= 0.6 is 11.8 Å². The topological polar surface area (TPSA) is 103 Å². The van der Waals surface area contributed by atoms with Crippen molar-refractivity contribution in [1.82, 2.24) is 15.2 Å². The molecule has 0 bridgehead atoms. The first kappa shape index (κ1) is 18.5. The third-order valence-corrected chi connectivity index (χ3v) is 5.34. The summed E-state index contributed by atoms with van der Waals surface area (Å²) in [4.78, 5) is 15.3. The lowest BCUT2D eigenvalue weighted by atomic mass is 10.1. The summed E-state index contributed by atoms with van der Waals surface area (Å²) in [6, 6.07) is 11.2. The van der Waals surface area contributed by atoms with Crippen LogP contribution in [0.5, 0.6) is 5.75 Å². The van der Waals surface area contributed by atoms with Crippen molar-refractivity contribution in [2.24, 2.45) is 0 Å². The predicted molar refractivity (Wildman–Crippen MR) is 104 cm³/mol. The van der Waals surface area contributed by atoms with Crippen molar-refractivity contribution in [3.05, 3.63) is 63.2 Å². The Labute approximate surface area is 165 Å². The average Bonchev–Trinajstić information content (AvgIpc) is 3.21. The Bertz CT molecular complexity index is 1000. The highest BCUT2D eigenvalue weighted by Gasteiger charge is 2.21. The van der Waals surface area contributed by atoms with E-state index in [1.165, 1.54) is 29.5 Å². The fourth-order valence-corrected chi connectivity index (χ4v) is 3.74. The van der Waals surface area contributed by atoms with E-state index >= 15 is 0 Å². The Kier molecular flexibility index (Phi) is 5.27. The van der Waals surface area contributed by atoms with Crippen LogP contribution in [0.3, 0.4) is 0 Å². The van der Waals surface area contributed by atoms with Gasteiger partial charge in [-0.05, 0) is 12.0 Å². The minimum atomic E-state index is -0.409. The van der Waals surface area contributed by atoms with Crippen LogP contribution in [-0.4, -0.2) is 26.9 Å². The summed E-state index contributed by atoms with van der Waals surface area (Å²) in [5.41, 5.74) is 3.66. The molecule has 0 radical (unpaired) electrons. The van der Waals surface area contributed by atoms with Crippen LogP contribution < -0.4 is 4.74 Å². The van der Waals surface area contributed by atoms with Gasteiger partial charge >= 0.3 is 0 Å². The summed E-state index contributed by atoms with van der Waals surface area (Å²) in [6.07, 6.45) is 0.985. The summed E-state index contributed by atoms with van der Waals surface area (Å²) in [5.74, 6) is 1.79. The number of ether oxygens (including phenoxy) is 2. The maximum Gasteiger partial charge on any atom is 0.270 e. The molecule has 1 aliphatic heterocycles. The van der Waals surface area contributed by atoms with Crippen LogP contribution in [0.4, 0.5) is 5.69 Å². The number of thioether (sulfide) groups is 1. The normalized spacial score (nSPS) is 13.0. The number of aromatic amines is 1. The number of H-pyrrole nitrogens is 1. The SMILES string of the molecule is CCc1ccc(-c2nc(SCc3cc([N+](=O)[O-])cc4c3OCOC4)n[nH]2)cc1. The van der Waals surface area contributed by atoms with Gasteiger partial charge in [0.05, 0.1) is 11.5 Å². The van der Waals surface area contributed by atoms with Crippen molar-refractivity contribution < 1.29 is 14.4 Å². The van der Waals surface area contributed by atoms with Crippen LogP contribution in [0.1, 0.15) is 23.6 Å². The molecule has 0 fully saturated rings. The molecular formula is C19H18N4O4S. The highest BCUT2D eigenvalue weighted by molar-refractivity contribution is 7.98. The van der Waals surface area contributed by atoms with Gasteiger partial charge in [-0.25, -0.2) is 4.98 Å². The van der Waals surface area contributed by atoms with Gasteiger partial charge in [-0.15, -0.1) is 5.10 Å². The predicted octanol–water partition coefficient (Wildman–Crippen LogP) is 4.10. The second-order valence-electron chi connectivity index (χ2n) is 6.27. The van der Waals surface area contributed by atoms with E-state index in [1.807, 2.05) is 12.1 Å². The molecular weight excluding hydrogens is 380 g/mol. The molecule has 144 valence electrons. The Hall–Kier alpha value is -2.91. The van der Waals surface area contributed by atoms with Gasteiger partial charge in [-0.2, -0.15) is 0 Å². The first-order valence-electron chi connectivity index (χ1n) is 8.79. The van der Waals surface area contributed by atoms with E-state index in [-0.39, 0.29) is 12.5 Å². The molecule has 0 amide bonds. The van der Waals surface area contributed by atoms with Crippen LogP contribution in [0.2, 0.25) is 0 Å². The number of fused-ring (bicyclic) bond motifs is 1. The maximum atomic E-state index is 11.2. The van der Waals surface area contributed by atoms with Gasteiger partial charge in [0, 0.05) is 34.6 Å². The number of nitro benzene ring substituents is 1. The molecule has 4 rings (SSSR count). The van der Waals surface area contributed by atoms with Crippen LogP contribution in [-0.2, 0) is 23.5 Å². The second-order valence-corrected chi connectivity index (χ2v) is 7.21. The van der Waals surface area contributed by atoms with Crippen molar-refractivity contribution in [3.63, 3.8) is 0 Å². The number of non-ortho nitro benzene ring substituents is 1. The number of nitrogens with one attached hydrogen (secondary N) is 1. The largest absolute Gasteiger partial charge is 0.467 e. The summed E-state index contributed by atoms with van der Waals surface area (Å²) in [6.45, 7) is 2.55. The minimum absolute atomic E-state index is 0.0233. The smallest absolute Gasteiger partial charge is 0.270 e. The van der Waals surface area contributed by atoms with E-state index in [2.05, 4.69) is 34.2 Å². The lowest BCUT2D eigenvalue weighted by Gasteiger charge is -2.20. The molecule has 28 heavy (non-hydrogen) atoms. The highest BCUT2D eigenvalue weighted by Crippen LogP contribution is 2.36. The first-order valence-corrected chi connectivity index (χ1v) is 9.78. The van der Waals surface area contributed by atoms with E-state index in [0.29, 0.717) is 34.7 Å². The van der Waals surface area contributed by atoms with Gasteiger partial charge in [0.2, 0.25) is 5.16 Å². The fraction of sp³-hybridized carbons (Fsp3) is 0.263. The minimum Gasteiger partial charge on any atom is -0.467 e. The lowest BCUT2D eigenvalue weighted by Crippen LogP contribution is -2.13. The van der Waals surface area contributed by atoms with Crippen molar-refractivity contribution >= 4 is 17.4 Å². The van der Waals surface area contributed by atoms with E-state index in [9.17, 15) is 10.1 Å². The summed E-state index contributed by atoms with van der Waals surface area (Å²) < 4.78 is 10.8. The quantitative estimate of drug-likeness (QED) is 0.379. The molecule has 0 saturated heterocycles. The Balaban J connectivity index is 1.52. The standard InChI is InChI=1S/C19H18N4O4S/c1-2-12-3-5-13(6-4-12)18-20-19(22-21-18)28-10-15-8-16(23(24)25)7-14-9-26-11-27-17(14)15/h3-8H,2,9-11H2,1H3,(H,20,21,22). The van der Waals surface area contributed by atoms with Crippen LogP contribution in [0.15, 0.2) is 41.6 Å². The third kappa shape index (κ3) is 3.85. The summed E-state index contributed by atoms with van der Waals surface area (Å²) in [7, 11) is 0. The molecule has 0 aliphatic carbocycles. The van der Waals surface area contributed by atoms with Gasteiger partial charge < -0.3 is 9.47 Å². The average molecular weight is 398 g/mol. The first-order chi connectivity index (χ1) is 13.6. The zero-order valence-electron chi connectivity index (χ0n) is 15.2. The van der Waals surface area contributed by atoms with Crippen molar-refractivity contribution in [3.8, 4) is 17.1 Å². The molecule has 2 aromatic carbocycles. The molecule has 0 saturated carbocycles. The van der Waals surface area contributed by atoms with E-state index in [4.69, 9.17) is 9.47 Å². The van der Waals surface area contributed by atoms with Crippen molar-refractivity contribution in [2.45, 2.75) is 30.9 Å². The number of nitrogens with zero attached hydrogens (tertiary/aromatic N) is 3. The summed E-state index contributed by atoms with van der Waals surface area (Å²) >= 11 is 1.39. The molecule has 1 aliphatic rings. The van der Waals surface area contributed by atoms with Crippen LogP contribution in [0, 0.1) is 10.1 Å². The maximum absolute atomic E-state index is 11.2. The lowest BCUT2D eigenvalue weighted by molar-refractivity contribution is -0.385. The van der Waals surface area contributed by atoms with Crippen molar-refractivity contribution in [2.75, 3.05) is 6.79 Å². The Morgan fingerprint density at radius 1 is 1.29 bits per heavy atom. The fourth-order valence-electron chi connectivity index (χ4n) is 2.97. The Morgan fingerprint density at radius 3 is 2.86 bits per heavy atom. The number of aromatic nitrogens is 3. The molecule has 0 unspecified atom stereocenters. The summed E-state index contributed by atoms with van der Waals surface area (Å²) in [5, 5.41) is 19.0. The Morgan fingerprint density at radius 2 is 2.11 bits per heavy atom. The number of benzene rings is 2. The zero-order chi connectivity index (χ0) is 19.5. The number of aryl methyl sites for hydroxylation is 1. The van der Waals surface area contributed by atoms with Crippen LogP contribution in [0.25, 0.3) is 11.4 Å². The number of hydrogen-bond donors (Lipinski definition) is 1. The monoisotopic (exact) mass is 398 g/mol. The number of hydrogen-bond acceptors (Lipinski definition) is 7. The van der Waals surface area contributed by atoms with E-state index < -0.39 is 4.92 Å². The molecule has 0 atom stereocenters. The van der Waals surface area contributed by atoms with Gasteiger partial charge in [0.25, 0.3) is 5.69 Å². The number of rotatable bonds is 6. The van der Waals surface area contributed by atoms with Gasteiger partial charge in [0.15, 0.2) is 12.6 Å². The van der Waals surface area contributed by atoms with Gasteiger partial charge in [-0.1, -0.05) is 43.0 Å². The third-order valence-electron chi connectivity index (χ3n) is 4.44. The number of nitro groups is 1. The van der Waals surface area contributed by atoms with Crippen molar-refractivity contribution in [1.29, 1.82) is 0 Å². The zero-order valence-corrected chi connectivity index (χ0v) is 16.0. The van der Waals surface area contributed by atoms with E-state index in [0.717, 1.165) is 17.5 Å². The second kappa shape index (κ2) is 7.99. The molecule has 1 N–H and O–H groups in total. The molecule has 3 aromatic rings.